The van der Waals surface area contributed by atoms with Gasteiger partial charge in [0.25, 0.3) is 0 Å². The summed E-state index contributed by atoms with van der Waals surface area (Å²) < 4.78 is 15.9. The fraction of sp³-hybridized carbons (Fsp3) is 0.150. The summed E-state index contributed by atoms with van der Waals surface area (Å²) >= 11 is 6.96. The van der Waals surface area contributed by atoms with Gasteiger partial charge in [0.1, 0.15) is 10.7 Å². The molecule has 0 aliphatic carbocycles. The molecule has 0 aliphatic heterocycles. The van der Waals surface area contributed by atoms with Crippen LogP contribution in [0.25, 0.3) is 17.5 Å². The Morgan fingerprint density at radius 2 is 1.90 bits per heavy atom. The number of aliphatic carboxylic acids is 1. The van der Waals surface area contributed by atoms with Crippen LogP contribution in [0.4, 0.5) is 0 Å². The summed E-state index contributed by atoms with van der Waals surface area (Å²) in [6.07, 6.45) is 1.48. The summed E-state index contributed by atoms with van der Waals surface area (Å²) in [5.41, 5.74) is 1.16. The smallest absolute Gasteiger partial charge is 0.342 e. The van der Waals surface area contributed by atoms with Gasteiger partial charge in [-0.3, -0.25) is 5.10 Å². The normalized spacial score (nSPS) is 11.3. The van der Waals surface area contributed by atoms with Gasteiger partial charge in [0.15, 0.2) is 17.3 Å². The van der Waals surface area contributed by atoms with Crippen LogP contribution >= 0.6 is 23.4 Å². The zero-order valence-corrected chi connectivity index (χ0v) is 17.9. The van der Waals surface area contributed by atoms with E-state index >= 15 is 0 Å². The Balaban J connectivity index is 1.94. The number of halogens is 1. The van der Waals surface area contributed by atoms with Gasteiger partial charge in [0.2, 0.25) is 5.16 Å². The second-order valence-corrected chi connectivity index (χ2v) is 7.26. The SMILES string of the molecule is COc1ccc(Cl)cc1-c1nc(S/C(=C\c2cccc(OC)c2OC)C(=O)O)n[nH]1. The van der Waals surface area contributed by atoms with Crippen LogP contribution in [0.1, 0.15) is 5.56 Å². The first kappa shape index (κ1) is 21.5. The second kappa shape index (κ2) is 9.55. The summed E-state index contributed by atoms with van der Waals surface area (Å²) in [4.78, 5) is 16.2. The molecule has 3 rings (SSSR count). The summed E-state index contributed by atoms with van der Waals surface area (Å²) in [6.45, 7) is 0. The van der Waals surface area contributed by atoms with Crippen molar-refractivity contribution in [2.75, 3.05) is 21.3 Å². The fourth-order valence-electron chi connectivity index (χ4n) is 2.68. The maximum absolute atomic E-state index is 11.8. The van der Waals surface area contributed by atoms with Crippen LogP contribution in [0.5, 0.6) is 17.2 Å². The number of carboxylic acid groups (broad SMARTS) is 1. The van der Waals surface area contributed by atoms with Crippen molar-refractivity contribution in [2.45, 2.75) is 5.16 Å². The summed E-state index contributed by atoms with van der Waals surface area (Å²) in [6, 6.07) is 10.3. The minimum Gasteiger partial charge on any atom is -0.496 e. The molecular formula is C20H18ClN3O5S. The lowest BCUT2D eigenvalue weighted by Gasteiger charge is -2.10. The van der Waals surface area contributed by atoms with Crippen molar-refractivity contribution in [2.24, 2.45) is 0 Å². The van der Waals surface area contributed by atoms with Gasteiger partial charge in [0.05, 0.1) is 26.9 Å². The first-order valence-corrected chi connectivity index (χ1v) is 9.76. The minimum atomic E-state index is -1.13. The molecule has 1 aromatic heterocycles. The second-order valence-electron chi connectivity index (χ2n) is 5.81. The maximum atomic E-state index is 11.8. The molecule has 30 heavy (non-hydrogen) atoms. The van der Waals surface area contributed by atoms with E-state index in [1.54, 1.807) is 36.4 Å². The lowest BCUT2D eigenvalue weighted by Crippen LogP contribution is -1.99. The Kier molecular flexibility index (Phi) is 6.86. The molecule has 0 atom stereocenters. The molecule has 0 unspecified atom stereocenters. The average Bonchev–Trinajstić information content (AvgIpc) is 3.21. The highest BCUT2D eigenvalue weighted by Gasteiger charge is 2.18. The predicted octanol–water partition coefficient (Wildman–Crippen LogP) is 4.37. The number of para-hydroxylation sites is 1. The first-order valence-electron chi connectivity index (χ1n) is 8.57. The van der Waals surface area contributed by atoms with Crippen LogP contribution in [0.2, 0.25) is 5.02 Å². The molecule has 0 spiro atoms. The number of nitrogens with zero attached hydrogens (tertiary/aromatic N) is 2. The van der Waals surface area contributed by atoms with Crippen molar-refractivity contribution in [1.29, 1.82) is 0 Å². The Bertz CT molecular complexity index is 1100. The van der Waals surface area contributed by atoms with E-state index in [1.165, 1.54) is 27.4 Å². The number of methoxy groups -OCH3 is 3. The lowest BCUT2D eigenvalue weighted by atomic mass is 10.1. The van der Waals surface area contributed by atoms with Crippen molar-refractivity contribution in [3.8, 4) is 28.6 Å². The number of rotatable bonds is 8. The highest BCUT2D eigenvalue weighted by molar-refractivity contribution is 8.04. The van der Waals surface area contributed by atoms with Crippen molar-refractivity contribution in [1.82, 2.24) is 15.2 Å². The van der Waals surface area contributed by atoms with Gasteiger partial charge in [-0.1, -0.05) is 23.7 Å². The maximum Gasteiger partial charge on any atom is 0.342 e. The van der Waals surface area contributed by atoms with E-state index in [-0.39, 0.29) is 10.1 Å². The quantitative estimate of drug-likeness (QED) is 0.387. The van der Waals surface area contributed by atoms with E-state index in [9.17, 15) is 9.90 Å². The molecule has 2 N–H and O–H groups in total. The van der Waals surface area contributed by atoms with Gasteiger partial charge in [-0.15, -0.1) is 5.10 Å². The summed E-state index contributed by atoms with van der Waals surface area (Å²) in [5, 5.41) is 17.3. The number of hydrogen-bond donors (Lipinski definition) is 2. The Morgan fingerprint density at radius 1 is 1.13 bits per heavy atom. The van der Waals surface area contributed by atoms with Crippen molar-refractivity contribution < 1.29 is 24.1 Å². The van der Waals surface area contributed by atoms with Crippen LogP contribution in [0.3, 0.4) is 0 Å². The van der Waals surface area contributed by atoms with Crippen LogP contribution < -0.4 is 14.2 Å². The number of aromatic amines is 1. The summed E-state index contributed by atoms with van der Waals surface area (Å²) in [5.74, 6) is 0.757. The molecule has 10 heteroatoms. The van der Waals surface area contributed by atoms with Crippen LogP contribution in [-0.4, -0.2) is 47.6 Å². The van der Waals surface area contributed by atoms with E-state index in [4.69, 9.17) is 25.8 Å². The number of H-pyrrole nitrogens is 1. The third-order valence-electron chi connectivity index (χ3n) is 4.01. The number of hydrogen-bond acceptors (Lipinski definition) is 7. The van der Waals surface area contributed by atoms with Gasteiger partial charge < -0.3 is 19.3 Å². The average molecular weight is 448 g/mol. The third-order valence-corrected chi connectivity index (χ3v) is 5.13. The zero-order chi connectivity index (χ0) is 21.7. The molecule has 156 valence electrons. The molecule has 3 aromatic rings. The molecular weight excluding hydrogens is 430 g/mol. The number of nitrogens with one attached hydrogen (secondary N) is 1. The first-order chi connectivity index (χ1) is 14.5. The zero-order valence-electron chi connectivity index (χ0n) is 16.3. The molecule has 0 bridgehead atoms. The monoisotopic (exact) mass is 447 g/mol. The molecule has 0 saturated heterocycles. The molecule has 0 saturated carbocycles. The summed E-state index contributed by atoms with van der Waals surface area (Å²) in [7, 11) is 4.53. The van der Waals surface area contributed by atoms with Gasteiger partial charge in [-0.25, -0.2) is 9.78 Å². The number of carbonyl (C=O) groups is 1. The van der Waals surface area contributed by atoms with Crippen molar-refractivity contribution in [3.05, 3.63) is 51.9 Å². The largest absolute Gasteiger partial charge is 0.496 e. The van der Waals surface area contributed by atoms with Gasteiger partial charge in [-0.05, 0) is 42.1 Å². The van der Waals surface area contributed by atoms with Gasteiger partial charge >= 0.3 is 5.97 Å². The Hall–Kier alpha value is -3.17. The van der Waals surface area contributed by atoms with E-state index in [0.717, 1.165) is 11.8 Å². The van der Waals surface area contributed by atoms with E-state index in [0.29, 0.717) is 39.2 Å². The fourth-order valence-corrected chi connectivity index (χ4v) is 3.55. The Labute approximate surface area is 181 Å². The highest BCUT2D eigenvalue weighted by atomic mass is 35.5. The molecule has 1 heterocycles. The van der Waals surface area contributed by atoms with E-state index < -0.39 is 5.97 Å². The number of benzene rings is 2. The topological polar surface area (TPSA) is 107 Å². The standard InChI is InChI=1S/C20H18ClN3O5S/c1-27-14-8-7-12(21)10-13(14)18-22-20(24-23-18)30-16(19(25)26)9-11-5-4-6-15(28-2)17(11)29-3/h4-10H,1-3H3,(H,25,26)(H,22,23,24)/b16-9-. The molecule has 0 fully saturated rings. The van der Waals surface area contributed by atoms with Crippen molar-refractivity contribution in [3.63, 3.8) is 0 Å². The number of thioether (sulfide) groups is 1. The van der Waals surface area contributed by atoms with E-state index in [1.807, 2.05) is 0 Å². The van der Waals surface area contributed by atoms with Crippen molar-refractivity contribution >= 4 is 35.4 Å². The Morgan fingerprint density at radius 3 is 2.57 bits per heavy atom. The molecule has 2 aromatic carbocycles. The predicted molar refractivity (Wildman–Crippen MR) is 114 cm³/mol. The van der Waals surface area contributed by atoms with Crippen LogP contribution in [0.15, 0.2) is 46.5 Å². The third kappa shape index (κ3) is 4.69. The highest BCUT2D eigenvalue weighted by Crippen LogP contribution is 2.36. The number of aromatic nitrogens is 3. The van der Waals surface area contributed by atoms with Gasteiger partial charge in [-0.2, -0.15) is 0 Å². The number of carboxylic acids is 1. The number of ether oxygens (including phenoxy) is 3. The molecule has 8 nitrogen and oxygen atoms in total. The molecule has 0 aliphatic rings. The van der Waals surface area contributed by atoms with E-state index in [2.05, 4.69) is 15.2 Å². The lowest BCUT2D eigenvalue weighted by molar-refractivity contribution is -0.131. The molecule has 0 radical (unpaired) electrons. The molecule has 0 amide bonds. The van der Waals surface area contributed by atoms with Crippen LogP contribution in [0, 0.1) is 0 Å². The minimum absolute atomic E-state index is 0.00478. The van der Waals surface area contributed by atoms with Crippen LogP contribution in [-0.2, 0) is 4.79 Å². The van der Waals surface area contributed by atoms with Gasteiger partial charge in [0, 0.05) is 10.6 Å².